The lowest BCUT2D eigenvalue weighted by Gasteiger charge is -2.37. The molecule has 4 amide bonds. The number of nitrogens with one attached hydrogen (secondary N) is 2. The maximum Gasteiger partial charge on any atom is 0.416 e. The van der Waals surface area contributed by atoms with Crippen LogP contribution in [-0.4, -0.2) is 149 Å². The number of fused-ring (bicyclic) bond motifs is 2. The Balaban J connectivity index is 0.000000223. The third kappa shape index (κ3) is 15.1. The van der Waals surface area contributed by atoms with E-state index in [9.17, 15) is 55.1 Å². The number of aromatic nitrogens is 8. The first-order valence-corrected chi connectivity index (χ1v) is 28.1. The van der Waals surface area contributed by atoms with Crippen LogP contribution in [0.5, 0.6) is 0 Å². The first-order chi connectivity index (χ1) is 39.9. The van der Waals surface area contributed by atoms with Crippen LogP contribution < -0.4 is 31.6 Å². The smallest absolute Gasteiger partial charge is 0.416 e. The average molecular weight is 1260 g/mol. The molecule has 85 heavy (non-hydrogen) atoms. The summed E-state index contributed by atoms with van der Waals surface area (Å²) in [6, 6.07) is 8.27. The lowest BCUT2D eigenvalue weighted by atomic mass is 10.1. The molecule has 3 aliphatic heterocycles. The van der Waals surface area contributed by atoms with Crippen LogP contribution in [0.4, 0.5) is 58.7 Å². The highest BCUT2D eigenvalue weighted by Crippen LogP contribution is 2.32. The van der Waals surface area contributed by atoms with Gasteiger partial charge in [0.05, 0.1) is 35.7 Å². The van der Waals surface area contributed by atoms with Gasteiger partial charge in [0.2, 0.25) is 28.1 Å². The van der Waals surface area contributed by atoms with Crippen LogP contribution >= 0.6 is 15.9 Å². The molecule has 0 atom stereocenters. The van der Waals surface area contributed by atoms with E-state index in [-0.39, 0.29) is 40.8 Å². The standard InChI is InChI=1S/C30H36F3N7O5.C25H29BrF3N7O4/c1-5-22-24(37-12-14-38(15-13-37)28(43)45-29(2,3)4)26(42)40-27(35-25(36-40)19-10-16-44-17-11-19)39(22)18-23(41)34-21-8-6-20(7-9-21)30(31,32)33;1-5-17-19(33-10-12-34(13-11-33)23(39)40-24(2,3)4)20(38)36-22(31-21(26)32-36)35(17)14-18(37)30-16-8-6-15(7-9-16)25(27,28)29/h6-10H,5,11-18H2,1-4H3,(H,34,41);6-9H,5,10-14H2,1-4H3,(H,30,37). The number of carbonyl (C=O) groups excluding carboxylic acids is 4. The van der Waals surface area contributed by atoms with Crippen molar-refractivity contribution in [2.24, 2.45) is 0 Å². The Morgan fingerprint density at radius 3 is 1.36 bits per heavy atom. The summed E-state index contributed by atoms with van der Waals surface area (Å²) in [6.45, 7) is 17.4. The number of rotatable bonds is 11. The fraction of sp³-hybridized carbons (Fsp3) is 0.491. The topological polar surface area (TPSA) is 237 Å². The summed E-state index contributed by atoms with van der Waals surface area (Å²) in [6.07, 6.45) is -6.73. The van der Waals surface area contributed by atoms with E-state index < -0.39 is 69.8 Å². The van der Waals surface area contributed by atoms with E-state index in [0.717, 1.165) is 34.4 Å². The molecule has 9 rings (SSSR count). The van der Waals surface area contributed by atoms with Gasteiger partial charge >= 0.3 is 24.5 Å². The highest BCUT2D eigenvalue weighted by atomic mass is 79.9. The molecule has 0 saturated carbocycles. The van der Waals surface area contributed by atoms with Crippen molar-refractivity contribution in [1.82, 2.24) is 48.1 Å². The van der Waals surface area contributed by atoms with Crippen molar-refractivity contribution in [1.29, 1.82) is 0 Å². The Hall–Kier alpha value is -8.02. The zero-order valence-corrected chi connectivity index (χ0v) is 49.6. The number of carbonyl (C=O) groups is 4. The Labute approximate surface area is 491 Å². The number of ether oxygens (including phenoxy) is 3. The maximum absolute atomic E-state index is 14.0. The van der Waals surface area contributed by atoms with Crippen molar-refractivity contribution in [3.05, 3.63) is 108 Å². The van der Waals surface area contributed by atoms with Gasteiger partial charge in [-0.05, 0) is 131 Å². The molecule has 7 heterocycles. The molecule has 6 aromatic rings. The number of benzene rings is 2. The second kappa shape index (κ2) is 25.3. The van der Waals surface area contributed by atoms with E-state index in [0.29, 0.717) is 113 Å². The third-order valence-corrected chi connectivity index (χ3v) is 14.0. The number of hydrogen-bond donors (Lipinski definition) is 2. The van der Waals surface area contributed by atoms with Gasteiger partial charge in [0, 0.05) is 63.7 Å². The number of halogens is 7. The lowest BCUT2D eigenvalue weighted by molar-refractivity contribution is -0.138. The van der Waals surface area contributed by atoms with Gasteiger partial charge in [-0.3, -0.25) is 19.2 Å². The molecular formula is C55H65BrF6N14O9. The van der Waals surface area contributed by atoms with Gasteiger partial charge in [-0.2, -0.15) is 45.3 Å². The van der Waals surface area contributed by atoms with Crippen LogP contribution in [0.15, 0.2) is 68.9 Å². The zero-order chi connectivity index (χ0) is 61.9. The van der Waals surface area contributed by atoms with Gasteiger partial charge in [0.25, 0.3) is 11.1 Å². The molecule has 2 N–H and O–H groups in total. The molecule has 30 heteroatoms. The molecule has 0 radical (unpaired) electrons. The summed E-state index contributed by atoms with van der Waals surface area (Å²) in [4.78, 5) is 94.9. The van der Waals surface area contributed by atoms with Crippen molar-refractivity contribution in [2.75, 3.05) is 86.0 Å². The van der Waals surface area contributed by atoms with Crippen LogP contribution in [0.25, 0.3) is 17.1 Å². The van der Waals surface area contributed by atoms with Gasteiger partial charge in [0.15, 0.2) is 5.82 Å². The Morgan fingerprint density at radius 2 is 1.00 bits per heavy atom. The molecule has 0 unspecified atom stereocenters. The minimum Gasteiger partial charge on any atom is -0.444 e. The Bertz CT molecular complexity index is 3610. The number of amides is 4. The molecule has 0 bridgehead atoms. The number of piperazine rings is 2. The normalized spacial score (nSPS) is 15.4. The molecule has 2 aromatic carbocycles. The van der Waals surface area contributed by atoms with Gasteiger partial charge in [-0.1, -0.05) is 19.9 Å². The fourth-order valence-electron chi connectivity index (χ4n) is 9.75. The number of hydrogen-bond acceptors (Lipinski definition) is 15. The van der Waals surface area contributed by atoms with Crippen LogP contribution in [-0.2, 0) is 62.1 Å². The van der Waals surface area contributed by atoms with Crippen molar-refractivity contribution in [2.45, 2.75) is 111 Å². The summed E-state index contributed by atoms with van der Waals surface area (Å²) >= 11 is 3.19. The zero-order valence-electron chi connectivity index (χ0n) is 48.0. The molecule has 0 aliphatic carbocycles. The number of anilines is 4. The molecule has 3 aliphatic rings. The molecule has 0 spiro atoms. The second-order valence-electron chi connectivity index (χ2n) is 22.0. The van der Waals surface area contributed by atoms with Crippen molar-refractivity contribution in [3.8, 4) is 0 Å². The van der Waals surface area contributed by atoms with E-state index in [1.807, 2.05) is 29.7 Å². The predicted octanol–water partition coefficient (Wildman–Crippen LogP) is 7.90. The maximum atomic E-state index is 14.0. The lowest BCUT2D eigenvalue weighted by Crippen LogP contribution is -2.51. The van der Waals surface area contributed by atoms with Gasteiger partial charge < -0.3 is 53.6 Å². The van der Waals surface area contributed by atoms with Gasteiger partial charge in [0.1, 0.15) is 35.7 Å². The fourth-order valence-corrected chi connectivity index (χ4v) is 10.1. The first-order valence-electron chi connectivity index (χ1n) is 27.3. The van der Waals surface area contributed by atoms with E-state index in [4.69, 9.17) is 14.2 Å². The molecular weight excluding hydrogens is 1190 g/mol. The highest BCUT2D eigenvalue weighted by molar-refractivity contribution is 9.10. The van der Waals surface area contributed by atoms with Crippen LogP contribution in [0, 0.1) is 0 Å². The monoisotopic (exact) mass is 1260 g/mol. The predicted molar refractivity (Wildman–Crippen MR) is 305 cm³/mol. The van der Waals surface area contributed by atoms with Crippen molar-refractivity contribution < 1.29 is 59.7 Å². The van der Waals surface area contributed by atoms with Gasteiger partial charge in [-0.15, -0.1) is 10.2 Å². The summed E-state index contributed by atoms with van der Waals surface area (Å²) in [5, 5.41) is 13.9. The van der Waals surface area contributed by atoms with Crippen LogP contribution in [0.3, 0.4) is 0 Å². The summed E-state index contributed by atoms with van der Waals surface area (Å²) < 4.78 is 99.7. The summed E-state index contributed by atoms with van der Waals surface area (Å²) in [5.41, 5.74) is -0.818. The molecule has 4 aromatic heterocycles. The minimum atomic E-state index is -4.50. The summed E-state index contributed by atoms with van der Waals surface area (Å²) in [7, 11) is 0. The quantitative estimate of drug-likeness (QED) is 0.117. The molecule has 458 valence electrons. The number of alkyl halides is 6. The molecule has 2 fully saturated rings. The van der Waals surface area contributed by atoms with Crippen molar-refractivity contribution >= 4 is 79.8 Å². The van der Waals surface area contributed by atoms with E-state index in [2.05, 4.69) is 46.7 Å². The first kappa shape index (κ1) is 63.0. The summed E-state index contributed by atoms with van der Waals surface area (Å²) in [5.74, 6) is -0.406. The Kier molecular flexibility index (Phi) is 18.7. The molecule has 2 saturated heterocycles. The number of nitrogens with zero attached hydrogens (tertiary/aromatic N) is 12. The average Bonchev–Trinajstić information content (AvgIpc) is 1.90. The highest BCUT2D eigenvalue weighted by Gasteiger charge is 2.35. The van der Waals surface area contributed by atoms with E-state index in [1.54, 1.807) is 60.5 Å². The van der Waals surface area contributed by atoms with Crippen LogP contribution in [0.2, 0.25) is 0 Å². The largest absolute Gasteiger partial charge is 0.444 e. The van der Waals surface area contributed by atoms with Crippen LogP contribution in [0.1, 0.15) is 90.1 Å². The van der Waals surface area contributed by atoms with E-state index >= 15 is 0 Å². The Morgan fingerprint density at radius 1 is 0.600 bits per heavy atom. The van der Waals surface area contributed by atoms with Gasteiger partial charge in [-0.25, -0.2) is 9.59 Å². The van der Waals surface area contributed by atoms with Crippen molar-refractivity contribution in [3.63, 3.8) is 0 Å². The molecule has 23 nitrogen and oxygen atoms in total. The minimum absolute atomic E-state index is 0.132. The second-order valence-corrected chi connectivity index (χ2v) is 22.7. The third-order valence-electron chi connectivity index (χ3n) is 13.6. The van der Waals surface area contributed by atoms with E-state index in [1.165, 1.54) is 28.8 Å². The SMILES string of the molecule is CCc1c(N2CCN(C(=O)OC(C)(C)C)CC2)c(=O)n2nc(Br)nc2n1CC(=O)Nc1ccc(C(F)(F)F)cc1.CCc1c(N2CCN(C(=O)OC(C)(C)C)CC2)c(=O)n2nc(C3=CCOCC3)nc2n1CC(=O)Nc1ccc(C(F)(F)F)cc1.